The van der Waals surface area contributed by atoms with Crippen LogP contribution < -0.4 is 11.1 Å². The molecule has 0 bridgehead atoms. The summed E-state index contributed by atoms with van der Waals surface area (Å²) >= 11 is 0. The Kier molecular flexibility index (Phi) is 4.68. The minimum Gasteiger partial charge on any atom is -0.399 e. The zero-order valence-corrected chi connectivity index (χ0v) is 9.12. The maximum absolute atomic E-state index is 11.3. The number of hydrogen-bond acceptors (Lipinski definition) is 2. The second kappa shape index (κ2) is 6.06. The molecular formula is C12H18N2O. The number of nitrogen functional groups attached to an aromatic ring is 1. The molecule has 3 nitrogen and oxygen atoms in total. The Balaban J connectivity index is 2.30. The van der Waals surface area contributed by atoms with Gasteiger partial charge in [0.05, 0.1) is 0 Å². The quantitative estimate of drug-likeness (QED) is 0.725. The van der Waals surface area contributed by atoms with Crippen molar-refractivity contribution >= 4 is 11.6 Å². The van der Waals surface area contributed by atoms with Gasteiger partial charge in [-0.05, 0) is 24.1 Å². The topological polar surface area (TPSA) is 55.1 Å². The smallest absolute Gasteiger partial charge is 0.220 e. The Morgan fingerprint density at radius 3 is 2.60 bits per heavy atom. The second-order valence-electron chi connectivity index (χ2n) is 3.62. The Labute approximate surface area is 90.7 Å². The second-order valence-corrected chi connectivity index (χ2v) is 3.62. The normalized spacial score (nSPS) is 9.93. The van der Waals surface area contributed by atoms with E-state index >= 15 is 0 Å². The standard InChI is InChI=1S/C12H18N2O/c1-2-3-4-12(15)14-9-10-5-7-11(13)8-6-10/h5-8H,2-4,9,13H2,1H3,(H,14,15). The Morgan fingerprint density at radius 2 is 2.00 bits per heavy atom. The van der Waals surface area contributed by atoms with Crippen molar-refractivity contribution in [2.45, 2.75) is 32.7 Å². The van der Waals surface area contributed by atoms with E-state index in [1.54, 1.807) is 0 Å². The third-order valence-corrected chi connectivity index (χ3v) is 2.23. The van der Waals surface area contributed by atoms with Crippen LogP contribution in [-0.4, -0.2) is 5.91 Å². The highest BCUT2D eigenvalue weighted by atomic mass is 16.1. The van der Waals surface area contributed by atoms with Gasteiger partial charge >= 0.3 is 0 Å². The van der Waals surface area contributed by atoms with Crippen molar-refractivity contribution in [3.63, 3.8) is 0 Å². The lowest BCUT2D eigenvalue weighted by Gasteiger charge is -2.04. The van der Waals surface area contributed by atoms with Crippen molar-refractivity contribution in [2.75, 3.05) is 5.73 Å². The first-order valence-electron chi connectivity index (χ1n) is 5.33. The molecular weight excluding hydrogens is 188 g/mol. The fourth-order valence-electron chi connectivity index (χ4n) is 1.26. The summed E-state index contributed by atoms with van der Waals surface area (Å²) in [6.07, 6.45) is 2.62. The number of nitrogens with two attached hydrogens (primary N) is 1. The molecule has 0 fully saturated rings. The fourth-order valence-corrected chi connectivity index (χ4v) is 1.26. The van der Waals surface area contributed by atoms with E-state index in [9.17, 15) is 4.79 Å². The van der Waals surface area contributed by atoms with E-state index < -0.39 is 0 Å². The van der Waals surface area contributed by atoms with Crippen LogP contribution in [-0.2, 0) is 11.3 Å². The van der Waals surface area contributed by atoms with Gasteiger partial charge in [0.15, 0.2) is 0 Å². The summed E-state index contributed by atoms with van der Waals surface area (Å²) in [5.74, 6) is 0.119. The van der Waals surface area contributed by atoms with E-state index in [0.29, 0.717) is 13.0 Å². The van der Waals surface area contributed by atoms with E-state index in [1.165, 1.54) is 0 Å². The van der Waals surface area contributed by atoms with Crippen LogP contribution in [0.25, 0.3) is 0 Å². The molecule has 82 valence electrons. The van der Waals surface area contributed by atoms with Crippen LogP contribution in [0.5, 0.6) is 0 Å². The molecule has 15 heavy (non-hydrogen) atoms. The van der Waals surface area contributed by atoms with Gasteiger partial charge in [-0.2, -0.15) is 0 Å². The van der Waals surface area contributed by atoms with Crippen LogP contribution in [0.2, 0.25) is 0 Å². The van der Waals surface area contributed by atoms with Crippen LogP contribution in [0.4, 0.5) is 5.69 Å². The van der Waals surface area contributed by atoms with Gasteiger partial charge in [0.2, 0.25) is 5.91 Å². The van der Waals surface area contributed by atoms with Crippen LogP contribution in [0.15, 0.2) is 24.3 Å². The molecule has 0 heterocycles. The lowest BCUT2D eigenvalue weighted by Crippen LogP contribution is -2.22. The van der Waals surface area contributed by atoms with Crippen LogP contribution in [0, 0.1) is 0 Å². The SMILES string of the molecule is CCCCC(=O)NCc1ccc(N)cc1. The van der Waals surface area contributed by atoms with Gasteiger partial charge in [-0.25, -0.2) is 0 Å². The van der Waals surface area contributed by atoms with Crippen molar-refractivity contribution in [1.82, 2.24) is 5.32 Å². The number of hydrogen-bond donors (Lipinski definition) is 2. The molecule has 0 saturated heterocycles. The van der Waals surface area contributed by atoms with Crippen LogP contribution in [0.1, 0.15) is 31.7 Å². The molecule has 1 amide bonds. The maximum atomic E-state index is 11.3. The van der Waals surface area contributed by atoms with Crippen molar-refractivity contribution in [2.24, 2.45) is 0 Å². The van der Waals surface area contributed by atoms with E-state index in [2.05, 4.69) is 12.2 Å². The number of benzene rings is 1. The summed E-state index contributed by atoms with van der Waals surface area (Å²) in [5.41, 5.74) is 7.39. The third kappa shape index (κ3) is 4.49. The van der Waals surface area contributed by atoms with Gasteiger partial charge < -0.3 is 11.1 Å². The van der Waals surface area contributed by atoms with Crippen LogP contribution >= 0.6 is 0 Å². The number of amides is 1. The average Bonchev–Trinajstić information content (AvgIpc) is 2.25. The minimum atomic E-state index is 0.119. The van der Waals surface area contributed by atoms with Crippen molar-refractivity contribution in [3.05, 3.63) is 29.8 Å². The highest BCUT2D eigenvalue weighted by Gasteiger charge is 1.99. The van der Waals surface area contributed by atoms with E-state index in [0.717, 1.165) is 24.1 Å². The van der Waals surface area contributed by atoms with E-state index in [1.807, 2.05) is 24.3 Å². The van der Waals surface area contributed by atoms with E-state index in [-0.39, 0.29) is 5.91 Å². The minimum absolute atomic E-state index is 0.119. The zero-order chi connectivity index (χ0) is 11.1. The molecule has 3 N–H and O–H groups in total. The number of nitrogens with one attached hydrogen (secondary N) is 1. The average molecular weight is 206 g/mol. The Hall–Kier alpha value is -1.51. The summed E-state index contributed by atoms with van der Waals surface area (Å²) in [6.45, 7) is 2.66. The van der Waals surface area contributed by atoms with E-state index in [4.69, 9.17) is 5.73 Å². The highest BCUT2D eigenvalue weighted by Crippen LogP contribution is 2.05. The van der Waals surface area contributed by atoms with Gasteiger partial charge in [0, 0.05) is 18.7 Å². The van der Waals surface area contributed by atoms with Crippen molar-refractivity contribution < 1.29 is 4.79 Å². The number of carbonyl (C=O) groups excluding carboxylic acids is 1. The molecule has 0 aliphatic carbocycles. The molecule has 0 aliphatic heterocycles. The first-order valence-corrected chi connectivity index (χ1v) is 5.33. The summed E-state index contributed by atoms with van der Waals surface area (Å²) in [6, 6.07) is 7.53. The van der Waals surface area contributed by atoms with Gasteiger partial charge in [0.25, 0.3) is 0 Å². The summed E-state index contributed by atoms with van der Waals surface area (Å²) in [7, 11) is 0. The van der Waals surface area contributed by atoms with Crippen LogP contribution in [0.3, 0.4) is 0 Å². The van der Waals surface area contributed by atoms with Crippen molar-refractivity contribution in [1.29, 1.82) is 0 Å². The van der Waals surface area contributed by atoms with Gasteiger partial charge in [-0.1, -0.05) is 25.5 Å². The molecule has 3 heteroatoms. The zero-order valence-electron chi connectivity index (χ0n) is 9.12. The number of anilines is 1. The van der Waals surface area contributed by atoms with Gasteiger partial charge in [0.1, 0.15) is 0 Å². The molecule has 0 atom stereocenters. The molecule has 0 unspecified atom stereocenters. The Bertz CT molecular complexity index is 306. The lowest BCUT2D eigenvalue weighted by molar-refractivity contribution is -0.121. The fraction of sp³-hybridized carbons (Fsp3) is 0.417. The molecule has 1 rings (SSSR count). The Morgan fingerprint density at radius 1 is 1.33 bits per heavy atom. The third-order valence-electron chi connectivity index (χ3n) is 2.23. The summed E-state index contributed by atoms with van der Waals surface area (Å²) in [5, 5.41) is 2.87. The highest BCUT2D eigenvalue weighted by molar-refractivity contribution is 5.75. The first kappa shape index (κ1) is 11.6. The first-order chi connectivity index (χ1) is 7.22. The molecule has 0 aliphatic rings. The predicted molar refractivity (Wildman–Crippen MR) is 62.2 cm³/mol. The molecule has 1 aromatic rings. The maximum Gasteiger partial charge on any atom is 0.220 e. The largest absolute Gasteiger partial charge is 0.399 e. The lowest BCUT2D eigenvalue weighted by atomic mass is 10.2. The van der Waals surface area contributed by atoms with Crippen molar-refractivity contribution in [3.8, 4) is 0 Å². The summed E-state index contributed by atoms with van der Waals surface area (Å²) < 4.78 is 0. The molecule has 0 aromatic heterocycles. The van der Waals surface area contributed by atoms with Gasteiger partial charge in [-0.3, -0.25) is 4.79 Å². The molecule has 0 saturated carbocycles. The number of rotatable bonds is 5. The van der Waals surface area contributed by atoms with Gasteiger partial charge in [-0.15, -0.1) is 0 Å². The number of carbonyl (C=O) groups is 1. The molecule has 0 spiro atoms. The predicted octanol–water partition coefficient (Wildman–Crippen LogP) is 2.08. The summed E-state index contributed by atoms with van der Waals surface area (Å²) in [4.78, 5) is 11.3. The molecule has 1 aromatic carbocycles. The molecule has 0 radical (unpaired) electrons. The monoisotopic (exact) mass is 206 g/mol. The number of unbranched alkanes of at least 4 members (excludes halogenated alkanes) is 1.